The summed E-state index contributed by atoms with van der Waals surface area (Å²) < 4.78 is 18.1. The minimum atomic E-state index is -0.682. The number of rotatable bonds is 8. The molecule has 1 N–H and O–H groups in total. The van der Waals surface area contributed by atoms with Crippen molar-refractivity contribution in [3.63, 3.8) is 0 Å². The zero-order valence-electron chi connectivity index (χ0n) is 16.4. The molecule has 0 bridgehead atoms. The summed E-state index contributed by atoms with van der Waals surface area (Å²) in [6.07, 6.45) is -0.184. The van der Waals surface area contributed by atoms with Crippen LogP contribution in [-0.4, -0.2) is 24.3 Å². The third kappa shape index (κ3) is 6.23. The van der Waals surface area contributed by atoms with Gasteiger partial charge in [-0.25, -0.2) is 4.39 Å². The van der Waals surface area contributed by atoms with E-state index in [-0.39, 0.29) is 17.5 Å². The number of Topliss-reactive ketones (excluding diaryl/α,β-unsaturated/α-hetero) is 1. The molecule has 1 unspecified atom stereocenters. The van der Waals surface area contributed by atoms with Gasteiger partial charge in [-0.15, -0.1) is 0 Å². The molecular formula is C24H19ClFNO4. The van der Waals surface area contributed by atoms with E-state index >= 15 is 0 Å². The normalized spacial score (nSPS) is 11.4. The molecule has 158 valence electrons. The Bertz CT molecular complexity index is 1070. The van der Waals surface area contributed by atoms with Gasteiger partial charge in [0.1, 0.15) is 5.82 Å². The molecule has 0 aliphatic heterocycles. The zero-order chi connectivity index (χ0) is 22.2. The number of carbonyl (C=O) groups excluding carboxylic acids is 3. The molecule has 3 aromatic carbocycles. The van der Waals surface area contributed by atoms with E-state index in [2.05, 4.69) is 5.32 Å². The number of carbonyl (C=O) groups is 3. The van der Waals surface area contributed by atoms with Crippen LogP contribution in [0.25, 0.3) is 0 Å². The molecule has 0 spiro atoms. The first-order chi connectivity index (χ1) is 14.9. The van der Waals surface area contributed by atoms with Gasteiger partial charge < -0.3 is 10.1 Å². The summed E-state index contributed by atoms with van der Waals surface area (Å²) >= 11 is 6.09. The van der Waals surface area contributed by atoms with Gasteiger partial charge >= 0.3 is 5.97 Å². The van der Waals surface area contributed by atoms with E-state index < -0.39 is 36.1 Å². The summed E-state index contributed by atoms with van der Waals surface area (Å²) in [5.74, 6) is -2.02. The second-order valence-corrected chi connectivity index (χ2v) is 7.12. The first kappa shape index (κ1) is 22.2. The van der Waals surface area contributed by atoms with Gasteiger partial charge in [-0.05, 0) is 42.0 Å². The predicted molar refractivity (Wildman–Crippen MR) is 114 cm³/mol. The van der Waals surface area contributed by atoms with E-state index in [1.165, 1.54) is 12.1 Å². The maximum Gasteiger partial charge on any atom is 0.308 e. The molecule has 1 amide bonds. The van der Waals surface area contributed by atoms with Crippen LogP contribution in [0.2, 0.25) is 5.02 Å². The SMILES string of the molecule is O=C(CC(NC(=O)c1ccccc1Cl)c1ccccc1)OCC(=O)c1ccc(F)cc1. The number of ketones is 1. The fourth-order valence-corrected chi connectivity index (χ4v) is 3.13. The standard InChI is InChI=1S/C24H19ClFNO4/c25-20-9-5-4-8-19(20)24(30)27-21(16-6-2-1-3-7-16)14-23(29)31-15-22(28)17-10-12-18(26)13-11-17/h1-13,21H,14-15H2,(H,27,30). The third-order valence-corrected chi connectivity index (χ3v) is 4.86. The van der Waals surface area contributed by atoms with Crippen molar-refractivity contribution in [3.05, 3.63) is 106 Å². The van der Waals surface area contributed by atoms with Crippen molar-refractivity contribution in [1.82, 2.24) is 5.32 Å². The largest absolute Gasteiger partial charge is 0.457 e. The number of nitrogens with one attached hydrogen (secondary N) is 1. The van der Waals surface area contributed by atoms with Crippen molar-refractivity contribution in [2.24, 2.45) is 0 Å². The topological polar surface area (TPSA) is 72.5 Å². The number of hydrogen-bond donors (Lipinski definition) is 1. The summed E-state index contributed by atoms with van der Waals surface area (Å²) in [5.41, 5.74) is 1.22. The molecule has 0 aliphatic rings. The Balaban J connectivity index is 1.66. The molecule has 0 aliphatic carbocycles. The summed E-state index contributed by atoms with van der Waals surface area (Å²) in [4.78, 5) is 37.2. The van der Waals surface area contributed by atoms with E-state index in [0.29, 0.717) is 10.6 Å². The molecule has 7 heteroatoms. The van der Waals surface area contributed by atoms with E-state index in [1.54, 1.807) is 48.5 Å². The summed E-state index contributed by atoms with van der Waals surface area (Å²) in [6, 6.07) is 19.8. The molecule has 31 heavy (non-hydrogen) atoms. The molecule has 3 aromatic rings. The quantitative estimate of drug-likeness (QED) is 0.405. The van der Waals surface area contributed by atoms with Crippen molar-refractivity contribution in [2.45, 2.75) is 12.5 Å². The molecule has 0 aromatic heterocycles. The van der Waals surface area contributed by atoms with Crippen LogP contribution in [0.15, 0.2) is 78.9 Å². The Hall–Kier alpha value is -3.51. The highest BCUT2D eigenvalue weighted by Crippen LogP contribution is 2.21. The molecule has 0 fully saturated rings. The van der Waals surface area contributed by atoms with Gasteiger partial charge in [0, 0.05) is 5.56 Å². The lowest BCUT2D eigenvalue weighted by Crippen LogP contribution is -2.31. The zero-order valence-corrected chi connectivity index (χ0v) is 17.1. The lowest BCUT2D eigenvalue weighted by molar-refractivity contribution is -0.143. The van der Waals surface area contributed by atoms with Gasteiger partial charge in [0.05, 0.1) is 23.0 Å². The van der Waals surface area contributed by atoms with Crippen molar-refractivity contribution in [3.8, 4) is 0 Å². The van der Waals surface area contributed by atoms with Gasteiger partial charge in [0.25, 0.3) is 5.91 Å². The monoisotopic (exact) mass is 439 g/mol. The predicted octanol–water partition coefficient (Wildman–Crippen LogP) is 4.77. The molecule has 3 rings (SSSR count). The fraction of sp³-hybridized carbons (Fsp3) is 0.125. The van der Waals surface area contributed by atoms with Crippen LogP contribution < -0.4 is 5.32 Å². The van der Waals surface area contributed by atoms with Gasteiger partial charge in [-0.1, -0.05) is 54.1 Å². The Kier molecular flexibility index (Phi) is 7.51. The molecule has 5 nitrogen and oxygen atoms in total. The molecule has 1 atom stereocenters. The third-order valence-electron chi connectivity index (χ3n) is 4.53. The van der Waals surface area contributed by atoms with Crippen molar-refractivity contribution in [2.75, 3.05) is 6.61 Å². The number of hydrogen-bond acceptors (Lipinski definition) is 4. The average molecular weight is 440 g/mol. The van der Waals surface area contributed by atoms with Crippen molar-refractivity contribution < 1.29 is 23.5 Å². The Morgan fingerprint density at radius 3 is 2.23 bits per heavy atom. The van der Waals surface area contributed by atoms with E-state index in [9.17, 15) is 18.8 Å². The van der Waals surface area contributed by atoms with Gasteiger partial charge in [-0.2, -0.15) is 0 Å². The smallest absolute Gasteiger partial charge is 0.308 e. The number of amides is 1. The maximum atomic E-state index is 13.0. The fourth-order valence-electron chi connectivity index (χ4n) is 2.91. The van der Waals surface area contributed by atoms with Crippen LogP contribution in [0.5, 0.6) is 0 Å². The molecule has 0 saturated carbocycles. The first-order valence-corrected chi connectivity index (χ1v) is 9.86. The highest BCUT2D eigenvalue weighted by molar-refractivity contribution is 6.33. The second kappa shape index (κ2) is 10.5. The number of benzene rings is 3. The van der Waals surface area contributed by atoms with E-state index in [0.717, 1.165) is 12.1 Å². The Labute approximate surface area is 183 Å². The maximum absolute atomic E-state index is 13.0. The van der Waals surface area contributed by atoms with Crippen LogP contribution in [-0.2, 0) is 9.53 Å². The van der Waals surface area contributed by atoms with E-state index in [1.807, 2.05) is 6.07 Å². The van der Waals surface area contributed by atoms with Crippen LogP contribution in [0.4, 0.5) is 4.39 Å². The van der Waals surface area contributed by atoms with Crippen LogP contribution in [0, 0.1) is 5.82 Å². The minimum absolute atomic E-state index is 0.184. The number of halogens is 2. The van der Waals surface area contributed by atoms with Gasteiger partial charge in [0.2, 0.25) is 0 Å². The van der Waals surface area contributed by atoms with Crippen molar-refractivity contribution in [1.29, 1.82) is 0 Å². The Morgan fingerprint density at radius 1 is 0.903 bits per heavy atom. The van der Waals surface area contributed by atoms with E-state index in [4.69, 9.17) is 16.3 Å². The number of esters is 1. The first-order valence-electron chi connectivity index (χ1n) is 9.49. The lowest BCUT2D eigenvalue weighted by atomic mass is 10.0. The minimum Gasteiger partial charge on any atom is -0.457 e. The summed E-state index contributed by atoms with van der Waals surface area (Å²) in [7, 11) is 0. The molecule has 0 radical (unpaired) electrons. The van der Waals surface area contributed by atoms with Crippen LogP contribution >= 0.6 is 11.6 Å². The molecule has 0 saturated heterocycles. The van der Waals surface area contributed by atoms with Crippen molar-refractivity contribution >= 4 is 29.3 Å². The highest BCUT2D eigenvalue weighted by Gasteiger charge is 2.22. The lowest BCUT2D eigenvalue weighted by Gasteiger charge is -2.19. The summed E-state index contributed by atoms with van der Waals surface area (Å²) in [5, 5.41) is 3.09. The Morgan fingerprint density at radius 2 is 1.55 bits per heavy atom. The number of ether oxygens (including phenoxy) is 1. The van der Waals surface area contributed by atoms with Gasteiger partial charge in [0.15, 0.2) is 12.4 Å². The summed E-state index contributed by atoms with van der Waals surface area (Å²) in [6.45, 7) is -0.482. The van der Waals surface area contributed by atoms with Crippen LogP contribution in [0.3, 0.4) is 0 Å². The van der Waals surface area contributed by atoms with Gasteiger partial charge in [-0.3, -0.25) is 14.4 Å². The molecular weight excluding hydrogens is 421 g/mol. The second-order valence-electron chi connectivity index (χ2n) is 6.71. The van der Waals surface area contributed by atoms with Crippen LogP contribution in [0.1, 0.15) is 38.7 Å². The highest BCUT2D eigenvalue weighted by atomic mass is 35.5. The average Bonchev–Trinajstić information content (AvgIpc) is 2.78. The molecule has 0 heterocycles.